The molecular weight excluding hydrogens is 519 g/mol. The molecule has 1 aromatic rings. The number of amides is 1. The Kier molecular flexibility index (Phi) is 9.70. The van der Waals surface area contributed by atoms with Crippen LogP contribution >= 0.6 is 0 Å². The lowest BCUT2D eigenvalue weighted by Crippen LogP contribution is -2.52. The van der Waals surface area contributed by atoms with Crippen molar-refractivity contribution in [1.82, 2.24) is 9.80 Å². The number of alkyl halides is 9. The van der Waals surface area contributed by atoms with Gasteiger partial charge in [0.15, 0.2) is 6.29 Å². The Bertz CT molecular complexity index is 853. The van der Waals surface area contributed by atoms with Gasteiger partial charge in [-0.25, -0.2) is 4.79 Å². The highest BCUT2D eigenvalue weighted by molar-refractivity contribution is 5.68. The van der Waals surface area contributed by atoms with Gasteiger partial charge in [0.05, 0.1) is 12.2 Å². The molecule has 16 heteroatoms. The largest absolute Gasteiger partial charge is 0.493 e. The molecule has 0 saturated carbocycles. The van der Waals surface area contributed by atoms with E-state index in [0.717, 1.165) is 18.2 Å². The van der Waals surface area contributed by atoms with Gasteiger partial charge in [-0.2, -0.15) is 39.5 Å². The zero-order valence-corrected chi connectivity index (χ0v) is 18.5. The molecule has 1 aliphatic rings. The summed E-state index contributed by atoms with van der Waals surface area (Å²) in [7, 11) is 0. The second-order valence-corrected chi connectivity index (χ2v) is 7.90. The molecule has 2 N–H and O–H groups in total. The Morgan fingerprint density at radius 1 is 0.944 bits per heavy atom. The van der Waals surface area contributed by atoms with Crippen LogP contribution < -0.4 is 4.74 Å². The molecule has 0 spiro atoms. The number of ether oxygens (including phenoxy) is 2. The number of rotatable bonds is 8. The first-order valence-corrected chi connectivity index (χ1v) is 10.5. The van der Waals surface area contributed by atoms with Crippen LogP contribution in [-0.2, 0) is 17.5 Å². The monoisotopic (exact) mass is 542 g/mol. The van der Waals surface area contributed by atoms with E-state index in [1.54, 1.807) is 4.90 Å². The van der Waals surface area contributed by atoms with Gasteiger partial charge in [0, 0.05) is 44.7 Å². The molecule has 1 saturated heterocycles. The van der Waals surface area contributed by atoms with Gasteiger partial charge in [-0.15, -0.1) is 0 Å². The lowest BCUT2D eigenvalue weighted by atomic mass is 10.1. The number of carbonyl (C=O) groups is 1. The number of halogens is 9. The van der Waals surface area contributed by atoms with Crippen LogP contribution in [0.4, 0.5) is 44.3 Å². The topological polar surface area (TPSA) is 82.5 Å². The third-order valence-corrected chi connectivity index (χ3v) is 5.10. The lowest BCUT2D eigenvalue weighted by Gasteiger charge is -2.35. The van der Waals surface area contributed by atoms with Crippen molar-refractivity contribution >= 4 is 6.09 Å². The van der Waals surface area contributed by atoms with Gasteiger partial charge < -0.3 is 24.6 Å². The van der Waals surface area contributed by atoms with Gasteiger partial charge in [0.25, 0.3) is 6.10 Å². The molecule has 2 rings (SSSR count). The average molecular weight is 542 g/mol. The molecule has 1 heterocycles. The maximum atomic E-state index is 13.1. The first kappa shape index (κ1) is 29.8. The second kappa shape index (κ2) is 11.7. The summed E-state index contributed by atoms with van der Waals surface area (Å²) < 4.78 is 124. The van der Waals surface area contributed by atoms with Crippen LogP contribution in [0.25, 0.3) is 0 Å². The molecule has 206 valence electrons. The summed E-state index contributed by atoms with van der Waals surface area (Å²) >= 11 is 0. The van der Waals surface area contributed by atoms with E-state index in [2.05, 4.69) is 4.74 Å². The quantitative estimate of drug-likeness (QED) is 0.295. The number of hydrogen-bond acceptors (Lipinski definition) is 6. The normalized spacial score (nSPS) is 16.1. The molecule has 1 aromatic carbocycles. The average Bonchev–Trinajstić information content (AvgIpc) is 2.73. The highest BCUT2D eigenvalue weighted by Crippen LogP contribution is 2.36. The fraction of sp³-hybridized carbons (Fsp3) is 0.650. The number of hydrogen-bond donors (Lipinski definition) is 2. The van der Waals surface area contributed by atoms with Crippen molar-refractivity contribution in [2.45, 2.75) is 50.3 Å². The summed E-state index contributed by atoms with van der Waals surface area (Å²) in [5, 5.41) is 17.7. The first-order chi connectivity index (χ1) is 16.5. The number of nitrogens with zero attached hydrogens (tertiary/aromatic N) is 2. The SMILES string of the molecule is O=C(OC(C(F)(F)F)C(F)(F)F)N1CCN(Cc2ccc(C(F)(F)F)cc2OCCCC(O)O)CC1. The van der Waals surface area contributed by atoms with Crippen molar-refractivity contribution in [3.63, 3.8) is 0 Å². The number of aliphatic hydroxyl groups excluding tert-OH is 1. The molecule has 0 radical (unpaired) electrons. The fourth-order valence-corrected chi connectivity index (χ4v) is 3.27. The molecular formula is C20H23F9N2O5. The highest BCUT2D eigenvalue weighted by atomic mass is 19.4. The summed E-state index contributed by atoms with van der Waals surface area (Å²) in [6.45, 7) is -0.721. The van der Waals surface area contributed by atoms with E-state index in [9.17, 15) is 44.3 Å². The Balaban J connectivity index is 2.02. The summed E-state index contributed by atoms with van der Waals surface area (Å²) in [4.78, 5) is 14.2. The van der Waals surface area contributed by atoms with Crippen molar-refractivity contribution in [2.24, 2.45) is 0 Å². The Morgan fingerprint density at radius 2 is 1.53 bits per heavy atom. The van der Waals surface area contributed by atoms with Crippen LogP contribution in [0.2, 0.25) is 0 Å². The minimum absolute atomic E-state index is 0.00666. The van der Waals surface area contributed by atoms with Crippen molar-refractivity contribution in [2.75, 3.05) is 32.8 Å². The molecule has 1 fully saturated rings. The van der Waals surface area contributed by atoms with E-state index in [4.69, 9.17) is 14.9 Å². The third-order valence-electron chi connectivity index (χ3n) is 5.10. The summed E-state index contributed by atoms with van der Waals surface area (Å²) in [6, 6.07) is 2.76. The summed E-state index contributed by atoms with van der Waals surface area (Å²) in [5.74, 6) is -0.128. The van der Waals surface area contributed by atoms with Crippen LogP contribution in [0.15, 0.2) is 18.2 Å². The van der Waals surface area contributed by atoms with E-state index in [1.807, 2.05) is 0 Å². The zero-order valence-electron chi connectivity index (χ0n) is 18.5. The Morgan fingerprint density at radius 3 is 2.03 bits per heavy atom. The molecule has 1 aliphatic heterocycles. The van der Waals surface area contributed by atoms with Crippen LogP contribution in [0.1, 0.15) is 24.0 Å². The molecule has 0 aromatic heterocycles. The van der Waals surface area contributed by atoms with Crippen LogP contribution in [-0.4, -0.2) is 83.6 Å². The van der Waals surface area contributed by atoms with Gasteiger partial charge in [0.1, 0.15) is 5.75 Å². The minimum atomic E-state index is -5.84. The van der Waals surface area contributed by atoms with Crippen LogP contribution in [0.3, 0.4) is 0 Å². The predicted octanol–water partition coefficient (Wildman–Crippen LogP) is 3.92. The zero-order chi connectivity index (χ0) is 27.3. The van der Waals surface area contributed by atoms with Crippen molar-refractivity contribution < 1.29 is 64.0 Å². The Hall–Kier alpha value is -2.46. The number of piperazine rings is 1. The van der Waals surface area contributed by atoms with Crippen molar-refractivity contribution in [3.05, 3.63) is 29.3 Å². The lowest BCUT2D eigenvalue weighted by molar-refractivity contribution is -0.308. The minimum Gasteiger partial charge on any atom is -0.493 e. The maximum Gasteiger partial charge on any atom is 0.434 e. The van der Waals surface area contributed by atoms with E-state index in [0.29, 0.717) is 10.5 Å². The maximum absolute atomic E-state index is 13.1. The summed E-state index contributed by atoms with van der Waals surface area (Å²) in [5.41, 5.74) is -0.683. The molecule has 0 atom stereocenters. The third kappa shape index (κ3) is 8.89. The van der Waals surface area contributed by atoms with Gasteiger partial charge >= 0.3 is 24.6 Å². The van der Waals surface area contributed by atoms with Crippen LogP contribution in [0.5, 0.6) is 5.75 Å². The number of aliphatic hydroxyl groups is 2. The fourth-order valence-electron chi connectivity index (χ4n) is 3.27. The van der Waals surface area contributed by atoms with E-state index >= 15 is 0 Å². The highest BCUT2D eigenvalue weighted by Gasteiger charge is 2.60. The molecule has 0 aliphatic carbocycles. The smallest absolute Gasteiger partial charge is 0.434 e. The Labute approximate surface area is 199 Å². The number of benzene rings is 1. The van der Waals surface area contributed by atoms with Gasteiger partial charge in [-0.1, -0.05) is 6.07 Å². The second-order valence-electron chi connectivity index (χ2n) is 7.90. The van der Waals surface area contributed by atoms with Crippen LogP contribution in [0, 0.1) is 0 Å². The van der Waals surface area contributed by atoms with Crippen molar-refractivity contribution in [3.8, 4) is 5.75 Å². The van der Waals surface area contributed by atoms with Gasteiger partial charge in [0.2, 0.25) is 0 Å². The summed E-state index contributed by atoms with van der Waals surface area (Å²) in [6.07, 6.45) is -24.0. The molecule has 7 nitrogen and oxygen atoms in total. The van der Waals surface area contributed by atoms with Gasteiger partial charge in [-0.3, -0.25) is 4.90 Å². The van der Waals surface area contributed by atoms with Gasteiger partial charge in [-0.05, 0) is 18.6 Å². The van der Waals surface area contributed by atoms with Crippen molar-refractivity contribution in [1.29, 1.82) is 0 Å². The van der Waals surface area contributed by atoms with E-state index in [1.165, 1.54) is 0 Å². The number of carbonyl (C=O) groups excluding carboxylic acids is 1. The molecule has 1 amide bonds. The standard InChI is InChI=1S/C20H23F9N2O5/c21-18(22,23)13-4-3-12(14(10-13)35-9-1-2-15(32)33)11-30-5-7-31(8-6-30)17(34)36-16(19(24,25)26)20(27,28)29/h3-4,10,15-16,32-33H,1-2,5-9,11H2. The van der Waals surface area contributed by atoms with E-state index < -0.39 is 42.6 Å². The molecule has 36 heavy (non-hydrogen) atoms. The first-order valence-electron chi connectivity index (χ1n) is 10.5. The van der Waals surface area contributed by atoms with E-state index in [-0.39, 0.29) is 57.9 Å². The predicted molar refractivity (Wildman–Crippen MR) is 104 cm³/mol. The molecule has 0 bridgehead atoms. The molecule has 0 unspecified atom stereocenters.